The molecule has 24 heteroatoms. The average molecular weight is 791 g/mol. The molecule has 0 saturated carbocycles. The molecule has 0 bridgehead atoms. The second-order valence-corrected chi connectivity index (χ2v) is 13.4. The van der Waals surface area contributed by atoms with E-state index in [0.29, 0.717) is 17.0 Å². The standard InChI is InChI=1S/C26H22N4O12S3.5Na/c1-14-8-15-4-2-6-18(24(15)21(9-14)45(40,41)42)29-22(31)12-27-26(33)28-13-23(32)30-19-11-17(43(34,35)36)10-16-5-3-7-20(25(16)19)44(37,38)39;;;;;/h4-11H,12-13H2,1H3,(H,29,31)(H,30,32)(H2,27,28,33)(H,34,35,36)(H,37,38,39)(H,40,41,42);;;;;/q-2;5*+1/p-3. The number of nitrogens with one attached hydrogen (secondary N) is 4. The molecule has 4 amide bonds. The Morgan fingerprint density at radius 3 is 1.56 bits per heavy atom. The van der Waals surface area contributed by atoms with Gasteiger partial charge in [0.25, 0.3) is 0 Å². The second kappa shape index (κ2) is 21.4. The van der Waals surface area contributed by atoms with E-state index in [-0.39, 0.29) is 164 Å². The summed E-state index contributed by atoms with van der Waals surface area (Å²) in [6.07, 6.45) is 0. The largest absolute Gasteiger partial charge is 1.00 e. The van der Waals surface area contributed by atoms with Crippen molar-refractivity contribution in [3.63, 3.8) is 0 Å². The van der Waals surface area contributed by atoms with Crippen LogP contribution < -0.4 is 169 Å². The summed E-state index contributed by atoms with van der Waals surface area (Å²) in [7, 11) is -15.2. The summed E-state index contributed by atoms with van der Waals surface area (Å²) < 4.78 is 106. The van der Waals surface area contributed by atoms with Gasteiger partial charge in [-0.05, 0) is 24.0 Å². The van der Waals surface area contributed by atoms with Crippen LogP contribution in [0.4, 0.5) is 16.2 Å². The molecule has 0 saturated heterocycles. The molecule has 0 aliphatic carbocycles. The van der Waals surface area contributed by atoms with Crippen LogP contribution in [0.5, 0.6) is 0 Å². The van der Waals surface area contributed by atoms with Gasteiger partial charge in [-0.25, -0.2) is 21.6 Å². The van der Waals surface area contributed by atoms with Gasteiger partial charge >= 0.3 is 154 Å². The van der Waals surface area contributed by atoms with Gasteiger partial charge < -0.3 is 34.9 Å². The van der Waals surface area contributed by atoms with E-state index < -0.39 is 87.0 Å². The molecule has 4 aromatic carbocycles. The molecular weight excluding hydrogens is 771 g/mol. The van der Waals surface area contributed by atoms with Crippen LogP contribution in [-0.2, 0) is 39.9 Å². The van der Waals surface area contributed by atoms with E-state index in [1.165, 1.54) is 12.1 Å². The molecule has 0 aromatic heterocycles. The van der Waals surface area contributed by atoms with E-state index in [1.54, 1.807) is 13.0 Å². The first-order chi connectivity index (χ1) is 20.8. The number of amides is 4. The summed E-state index contributed by atoms with van der Waals surface area (Å²) in [5.74, 6) is -1.90. The van der Waals surface area contributed by atoms with E-state index in [4.69, 9.17) is 0 Å². The fourth-order valence-corrected chi connectivity index (χ4v) is 6.31. The number of hydrogen-bond acceptors (Lipinski definition) is 12. The average Bonchev–Trinajstić information content (AvgIpc) is 2.92. The van der Waals surface area contributed by atoms with Crippen LogP contribution in [0.2, 0.25) is 0 Å². The maximum Gasteiger partial charge on any atom is 1.00 e. The molecule has 0 aliphatic heterocycles. The number of fused-ring (bicyclic) bond motifs is 2. The molecule has 4 N–H and O–H groups in total. The summed E-state index contributed by atoms with van der Waals surface area (Å²) in [6, 6.07) is 12.7. The molecule has 4 rings (SSSR count). The predicted octanol–water partition coefficient (Wildman–Crippen LogP) is -14.5. The van der Waals surface area contributed by atoms with Crippen molar-refractivity contribution in [1.82, 2.24) is 10.6 Å². The summed E-state index contributed by atoms with van der Waals surface area (Å²) >= 11 is 0. The van der Waals surface area contributed by atoms with Crippen LogP contribution in [0, 0.1) is 19.1 Å². The first-order valence-corrected chi connectivity index (χ1v) is 16.5. The molecule has 238 valence electrons. The molecular formula is C26H19N4Na5O12S3. The topological polar surface area (TPSA) is 271 Å². The Labute approximate surface area is 398 Å². The van der Waals surface area contributed by atoms with Crippen molar-refractivity contribution in [2.75, 3.05) is 23.7 Å². The molecule has 50 heavy (non-hydrogen) atoms. The Bertz CT molecular complexity index is 2240. The quantitative estimate of drug-likeness (QED) is 0.0700. The minimum absolute atomic E-state index is 0. The normalized spacial score (nSPS) is 10.9. The van der Waals surface area contributed by atoms with Crippen molar-refractivity contribution < 1.29 is 201 Å². The summed E-state index contributed by atoms with van der Waals surface area (Å²) in [4.78, 5) is 35.0. The van der Waals surface area contributed by atoms with Gasteiger partial charge in [-0.15, -0.1) is 16.8 Å². The number of anilines is 2. The summed E-state index contributed by atoms with van der Waals surface area (Å²) in [6.45, 7) is 0.0694. The third-order valence-corrected chi connectivity index (χ3v) is 8.58. The number of carbonyl (C=O) groups excluding carboxylic acids is 3. The van der Waals surface area contributed by atoms with Gasteiger partial charge in [0.1, 0.15) is 20.2 Å². The molecule has 0 atom stereocenters. The molecule has 16 nitrogen and oxygen atoms in total. The van der Waals surface area contributed by atoms with Crippen LogP contribution in [-0.4, -0.2) is 69.8 Å². The Morgan fingerprint density at radius 2 is 1.06 bits per heavy atom. The van der Waals surface area contributed by atoms with Crippen LogP contribution >= 0.6 is 0 Å². The Kier molecular flexibility index (Phi) is 22.5. The Morgan fingerprint density at radius 1 is 0.600 bits per heavy atom. The maximum absolute atomic E-state index is 12.5. The van der Waals surface area contributed by atoms with Crippen LogP contribution in [0.25, 0.3) is 21.5 Å². The molecule has 4 aromatic rings. The first kappa shape index (κ1) is 52.4. The SMILES string of the molecule is Cc1cc(S(=O)(=O)[O-])c2c(NC(=O)CNC(=O)NCC(=O)Nc3cc(S(=O)(=O)[O-])cc4c[c-]cc(S(=O)(=O)[O-])c34)c[c-]cc2c1.[Na+].[Na+].[Na+].[Na+].[Na+]. The molecule has 0 heterocycles. The number of urea groups is 1. The Hall–Kier alpha value is 0.340. The van der Waals surface area contributed by atoms with Crippen molar-refractivity contribution in [3.8, 4) is 0 Å². The van der Waals surface area contributed by atoms with Crippen LogP contribution in [0.3, 0.4) is 0 Å². The van der Waals surface area contributed by atoms with Gasteiger partial charge in [0.05, 0.1) is 23.2 Å². The monoisotopic (exact) mass is 790 g/mol. The fourth-order valence-electron chi connectivity index (χ4n) is 4.28. The van der Waals surface area contributed by atoms with Gasteiger partial charge in [-0.3, -0.25) is 18.0 Å². The zero-order valence-electron chi connectivity index (χ0n) is 27.7. The smallest absolute Gasteiger partial charge is 0.754 e. The molecule has 0 fully saturated rings. The zero-order valence-corrected chi connectivity index (χ0v) is 40.1. The van der Waals surface area contributed by atoms with Crippen molar-refractivity contribution in [2.24, 2.45) is 0 Å². The van der Waals surface area contributed by atoms with Crippen LogP contribution in [0.15, 0.2) is 63.2 Å². The zero-order chi connectivity index (χ0) is 33.3. The molecule has 0 unspecified atom stereocenters. The van der Waals surface area contributed by atoms with Crippen molar-refractivity contribution in [1.29, 1.82) is 0 Å². The number of hydrogen-bond donors (Lipinski definition) is 4. The minimum atomic E-state index is -5.15. The minimum Gasteiger partial charge on any atom is -0.754 e. The third kappa shape index (κ3) is 13.9. The maximum atomic E-state index is 12.5. The van der Waals surface area contributed by atoms with E-state index in [1.807, 2.05) is 0 Å². The van der Waals surface area contributed by atoms with Gasteiger partial charge in [-0.2, -0.15) is 36.4 Å². The van der Waals surface area contributed by atoms with Crippen molar-refractivity contribution >= 4 is 81.1 Å². The van der Waals surface area contributed by atoms with Crippen molar-refractivity contribution in [2.45, 2.75) is 21.6 Å². The Balaban J connectivity index is 0. The van der Waals surface area contributed by atoms with Gasteiger partial charge in [0.15, 0.2) is 0 Å². The second-order valence-electron chi connectivity index (χ2n) is 9.35. The van der Waals surface area contributed by atoms with E-state index in [0.717, 1.165) is 24.3 Å². The van der Waals surface area contributed by atoms with Gasteiger partial charge in [-0.1, -0.05) is 28.1 Å². The molecule has 0 aliphatic rings. The van der Waals surface area contributed by atoms with Gasteiger partial charge in [0, 0.05) is 15.5 Å². The van der Waals surface area contributed by atoms with Crippen LogP contribution in [0.1, 0.15) is 5.56 Å². The third-order valence-electron chi connectivity index (χ3n) is 6.05. The van der Waals surface area contributed by atoms with E-state index in [2.05, 4.69) is 33.4 Å². The predicted molar refractivity (Wildman–Crippen MR) is 153 cm³/mol. The fraction of sp³-hybridized carbons (Fsp3) is 0.115. The summed E-state index contributed by atoms with van der Waals surface area (Å²) in [5.41, 5.74) is -0.125. The first-order valence-electron chi connectivity index (χ1n) is 12.3. The number of carbonyl (C=O) groups is 3. The number of benzene rings is 4. The van der Waals surface area contributed by atoms with Gasteiger partial charge in [0.2, 0.25) is 11.8 Å². The summed E-state index contributed by atoms with van der Waals surface area (Å²) in [5, 5.41) is 8.37. The molecule has 0 spiro atoms. The van der Waals surface area contributed by atoms with E-state index >= 15 is 0 Å². The molecule has 0 radical (unpaired) electrons. The number of rotatable bonds is 9. The number of aryl methyl sites for hydroxylation is 1. The van der Waals surface area contributed by atoms with E-state index in [9.17, 15) is 53.3 Å². The van der Waals surface area contributed by atoms with Crippen molar-refractivity contribution in [3.05, 3.63) is 66.2 Å².